The molecule has 0 spiro atoms. The summed E-state index contributed by atoms with van der Waals surface area (Å²) in [6.45, 7) is 1.08. The molecule has 2 fully saturated rings. The van der Waals surface area contributed by atoms with Crippen LogP contribution in [-0.2, 0) is 11.4 Å². The number of amides is 2. The molecule has 0 radical (unpaired) electrons. The number of rotatable bonds is 8. The van der Waals surface area contributed by atoms with Crippen molar-refractivity contribution in [2.75, 3.05) is 19.6 Å². The molecule has 1 aliphatic carbocycles. The van der Waals surface area contributed by atoms with Crippen LogP contribution in [0.5, 0.6) is 5.75 Å². The number of carbonyl (C=O) groups excluding carboxylic acids is 1. The Labute approximate surface area is 184 Å². The van der Waals surface area contributed by atoms with Crippen molar-refractivity contribution in [2.24, 2.45) is 0 Å². The minimum absolute atomic E-state index is 0.0398. The molecule has 9 heteroatoms. The van der Waals surface area contributed by atoms with Crippen molar-refractivity contribution in [2.45, 2.75) is 37.5 Å². The molecule has 7 nitrogen and oxygen atoms in total. The van der Waals surface area contributed by atoms with Gasteiger partial charge in [-0.1, -0.05) is 30.3 Å². The first-order valence-corrected chi connectivity index (χ1v) is 10.6. The average Bonchev–Trinajstić information content (AvgIpc) is 3.39. The largest absolute Gasteiger partial charge is 0.486 e. The maximum Gasteiger partial charge on any atom is 0.404 e. The molecule has 2 unspecified atom stereocenters. The van der Waals surface area contributed by atoms with Crippen LogP contribution in [0.25, 0.3) is 0 Å². The summed E-state index contributed by atoms with van der Waals surface area (Å²) >= 11 is 0. The third-order valence-corrected chi connectivity index (χ3v) is 5.84. The van der Waals surface area contributed by atoms with Crippen molar-refractivity contribution in [1.82, 2.24) is 15.5 Å². The maximum atomic E-state index is 14.5. The fourth-order valence-electron chi connectivity index (χ4n) is 4.11. The predicted octanol–water partition coefficient (Wildman–Crippen LogP) is 2.86. The highest BCUT2D eigenvalue weighted by atomic mass is 19.1. The van der Waals surface area contributed by atoms with Gasteiger partial charge in [-0.3, -0.25) is 4.79 Å². The van der Waals surface area contributed by atoms with Gasteiger partial charge in [0, 0.05) is 36.7 Å². The Bertz CT molecular complexity index is 989. The first kappa shape index (κ1) is 22.0. The molecule has 1 saturated heterocycles. The zero-order valence-electron chi connectivity index (χ0n) is 17.4. The molecule has 2 amide bonds. The van der Waals surface area contributed by atoms with Crippen molar-refractivity contribution < 1.29 is 28.2 Å². The minimum Gasteiger partial charge on any atom is -0.486 e. The predicted molar refractivity (Wildman–Crippen MR) is 112 cm³/mol. The number of halogens is 2. The highest BCUT2D eigenvalue weighted by Gasteiger charge is 2.41. The molecule has 0 aromatic heterocycles. The lowest BCUT2D eigenvalue weighted by Crippen LogP contribution is -2.41. The van der Waals surface area contributed by atoms with Crippen molar-refractivity contribution >= 4 is 12.0 Å². The van der Waals surface area contributed by atoms with Gasteiger partial charge < -0.3 is 25.4 Å². The first-order chi connectivity index (χ1) is 15.4. The molecule has 1 heterocycles. The van der Waals surface area contributed by atoms with Gasteiger partial charge in [-0.15, -0.1) is 0 Å². The summed E-state index contributed by atoms with van der Waals surface area (Å²) in [7, 11) is 0. The SMILES string of the molecule is O=C(O)N[C@H]1CCN(C(=O)CNC2CC2c2cc(F)cc(F)c2OCc2ccccc2)C1. The molecule has 0 bridgehead atoms. The smallest absolute Gasteiger partial charge is 0.404 e. The lowest BCUT2D eigenvalue weighted by Gasteiger charge is -2.17. The third-order valence-electron chi connectivity index (χ3n) is 5.84. The molecule has 1 aliphatic heterocycles. The molecule has 3 N–H and O–H groups in total. The number of ether oxygens (including phenoxy) is 1. The van der Waals surface area contributed by atoms with Crippen LogP contribution in [0.4, 0.5) is 13.6 Å². The number of benzene rings is 2. The Kier molecular flexibility index (Phi) is 6.55. The van der Waals surface area contributed by atoms with E-state index in [2.05, 4.69) is 10.6 Å². The summed E-state index contributed by atoms with van der Waals surface area (Å²) in [5.74, 6) is -1.65. The van der Waals surface area contributed by atoms with E-state index in [0.29, 0.717) is 31.5 Å². The van der Waals surface area contributed by atoms with E-state index in [9.17, 15) is 18.4 Å². The van der Waals surface area contributed by atoms with Crippen LogP contribution < -0.4 is 15.4 Å². The van der Waals surface area contributed by atoms with E-state index in [1.807, 2.05) is 30.3 Å². The monoisotopic (exact) mass is 445 g/mol. The fraction of sp³-hybridized carbons (Fsp3) is 0.391. The van der Waals surface area contributed by atoms with E-state index in [4.69, 9.17) is 9.84 Å². The molecule has 2 aromatic carbocycles. The van der Waals surface area contributed by atoms with Gasteiger partial charge in [0.05, 0.1) is 12.6 Å². The van der Waals surface area contributed by atoms with Crippen molar-refractivity contribution in [3.63, 3.8) is 0 Å². The van der Waals surface area contributed by atoms with E-state index >= 15 is 0 Å². The number of hydrogen-bond acceptors (Lipinski definition) is 4. The number of carboxylic acid groups (broad SMARTS) is 1. The summed E-state index contributed by atoms with van der Waals surface area (Å²) in [5.41, 5.74) is 1.33. The Balaban J connectivity index is 1.33. The molecule has 32 heavy (non-hydrogen) atoms. The molecular weight excluding hydrogens is 420 g/mol. The van der Waals surface area contributed by atoms with Gasteiger partial charge >= 0.3 is 6.09 Å². The Morgan fingerprint density at radius 2 is 1.97 bits per heavy atom. The number of hydrogen-bond donors (Lipinski definition) is 3. The van der Waals surface area contributed by atoms with Crippen LogP contribution in [0.15, 0.2) is 42.5 Å². The lowest BCUT2D eigenvalue weighted by atomic mass is 10.1. The van der Waals surface area contributed by atoms with E-state index < -0.39 is 17.7 Å². The average molecular weight is 445 g/mol. The van der Waals surface area contributed by atoms with Gasteiger partial charge in [0.2, 0.25) is 5.91 Å². The Morgan fingerprint density at radius 3 is 2.72 bits per heavy atom. The molecule has 170 valence electrons. The van der Waals surface area contributed by atoms with Crippen LogP contribution in [0.3, 0.4) is 0 Å². The van der Waals surface area contributed by atoms with Gasteiger partial charge in [-0.25, -0.2) is 13.6 Å². The second kappa shape index (κ2) is 9.52. The van der Waals surface area contributed by atoms with Crippen LogP contribution in [0, 0.1) is 11.6 Å². The standard InChI is InChI=1S/C23H25F2N3O4/c24-15-8-18(22(19(25)9-15)32-13-14-4-2-1-3-5-14)17-10-20(17)26-11-21(29)28-7-6-16(12-28)27-23(30)31/h1-5,8-9,16-17,20,26-27H,6-7,10-13H2,(H,30,31)/t16-,17?,20?/m0/s1. The summed E-state index contributed by atoms with van der Waals surface area (Å²) < 4.78 is 34.1. The second-order valence-electron chi connectivity index (χ2n) is 8.18. The van der Waals surface area contributed by atoms with Crippen molar-refractivity contribution in [1.29, 1.82) is 0 Å². The normalized spacial score (nSPS) is 21.9. The van der Waals surface area contributed by atoms with Crippen LogP contribution >= 0.6 is 0 Å². The van der Waals surface area contributed by atoms with Crippen molar-refractivity contribution in [3.05, 3.63) is 65.2 Å². The summed E-state index contributed by atoms with van der Waals surface area (Å²) in [4.78, 5) is 24.8. The first-order valence-electron chi connectivity index (χ1n) is 10.6. The molecular formula is C23H25F2N3O4. The van der Waals surface area contributed by atoms with Gasteiger partial charge in [0.25, 0.3) is 0 Å². The Hall–Kier alpha value is -3.20. The number of carbonyl (C=O) groups is 2. The number of nitrogens with one attached hydrogen (secondary N) is 2. The van der Waals surface area contributed by atoms with E-state index in [1.165, 1.54) is 6.07 Å². The molecule has 1 saturated carbocycles. The van der Waals surface area contributed by atoms with Crippen molar-refractivity contribution in [3.8, 4) is 5.75 Å². The summed E-state index contributed by atoms with van der Waals surface area (Å²) in [5, 5.41) is 14.3. The fourth-order valence-corrected chi connectivity index (χ4v) is 4.11. The lowest BCUT2D eigenvalue weighted by molar-refractivity contribution is -0.129. The summed E-state index contributed by atoms with van der Waals surface area (Å²) in [6, 6.07) is 11.1. The van der Waals surface area contributed by atoms with E-state index in [1.54, 1.807) is 4.90 Å². The van der Waals surface area contributed by atoms with E-state index in [-0.39, 0.29) is 42.8 Å². The molecule has 2 aliphatic rings. The number of nitrogens with zero attached hydrogens (tertiary/aromatic N) is 1. The zero-order valence-corrected chi connectivity index (χ0v) is 17.4. The van der Waals surface area contributed by atoms with Gasteiger partial charge in [-0.05, 0) is 24.5 Å². The quantitative estimate of drug-likeness (QED) is 0.581. The van der Waals surface area contributed by atoms with E-state index in [0.717, 1.165) is 11.6 Å². The van der Waals surface area contributed by atoms with Gasteiger partial charge in [-0.2, -0.15) is 0 Å². The maximum absolute atomic E-state index is 14.5. The topological polar surface area (TPSA) is 90.9 Å². The summed E-state index contributed by atoms with van der Waals surface area (Å²) in [6.07, 6.45) is 0.117. The second-order valence-corrected chi connectivity index (χ2v) is 8.18. The molecule has 2 aromatic rings. The third kappa shape index (κ3) is 5.34. The van der Waals surface area contributed by atoms with Gasteiger partial charge in [0.15, 0.2) is 11.6 Å². The zero-order chi connectivity index (χ0) is 22.7. The van der Waals surface area contributed by atoms with Crippen LogP contribution in [0.1, 0.15) is 29.9 Å². The Morgan fingerprint density at radius 1 is 1.19 bits per heavy atom. The highest BCUT2D eigenvalue weighted by molar-refractivity contribution is 5.79. The molecule has 4 rings (SSSR count). The number of likely N-dealkylation sites (tertiary alicyclic amines) is 1. The minimum atomic E-state index is -1.10. The van der Waals surface area contributed by atoms with Gasteiger partial charge in [0.1, 0.15) is 12.4 Å². The molecule has 3 atom stereocenters. The highest BCUT2D eigenvalue weighted by Crippen LogP contribution is 2.46. The van der Waals surface area contributed by atoms with Crippen LogP contribution in [0.2, 0.25) is 0 Å². The van der Waals surface area contributed by atoms with Crippen LogP contribution in [-0.4, -0.2) is 53.7 Å².